The van der Waals surface area contributed by atoms with E-state index < -0.39 is 45.6 Å². The number of aliphatic carboxylic acids is 1. The van der Waals surface area contributed by atoms with Crippen LogP contribution in [0.4, 0.5) is 0 Å². The molecule has 1 unspecified atom stereocenters. The summed E-state index contributed by atoms with van der Waals surface area (Å²) < 4.78 is 0. The van der Waals surface area contributed by atoms with Crippen molar-refractivity contribution in [1.29, 1.82) is 0 Å². The second-order valence-corrected chi connectivity index (χ2v) is 13.3. The van der Waals surface area contributed by atoms with Crippen molar-refractivity contribution < 1.29 is 34.2 Å². The van der Waals surface area contributed by atoms with E-state index in [0.29, 0.717) is 29.6 Å². The highest BCUT2D eigenvalue weighted by atomic mass is 16.4. The fourth-order valence-corrected chi connectivity index (χ4v) is 8.42. The molecule has 2 fully saturated rings. The smallest absolute Gasteiger partial charge is 0.306 e. The van der Waals surface area contributed by atoms with Crippen LogP contribution in [0, 0.1) is 39.4 Å². The summed E-state index contributed by atoms with van der Waals surface area (Å²) in [6.45, 7) is 12.9. The maximum Gasteiger partial charge on any atom is 0.306 e. The molecule has 0 amide bonds. The van der Waals surface area contributed by atoms with Gasteiger partial charge in [-0.25, -0.2) is 0 Å². The second-order valence-electron chi connectivity index (χ2n) is 13.3. The predicted octanol–water partition coefficient (Wildman–Crippen LogP) is 4.26. The van der Waals surface area contributed by atoms with Crippen molar-refractivity contribution in [3.05, 3.63) is 22.8 Å². The zero-order valence-electron chi connectivity index (χ0n) is 23.1. The summed E-state index contributed by atoms with van der Waals surface area (Å²) in [4.78, 5) is 65.5. The minimum absolute atomic E-state index is 0.0930. The first-order valence-corrected chi connectivity index (χ1v) is 13.4. The molecule has 0 aromatic heterocycles. The van der Waals surface area contributed by atoms with E-state index >= 15 is 0 Å². The highest BCUT2D eigenvalue weighted by Crippen LogP contribution is 2.69. The average Bonchev–Trinajstić information content (AvgIpc) is 2.99. The molecule has 4 aliphatic carbocycles. The maximum atomic E-state index is 14.0. The van der Waals surface area contributed by atoms with Crippen LogP contribution < -0.4 is 0 Å². The lowest BCUT2D eigenvalue weighted by atomic mass is 9.43. The highest BCUT2D eigenvalue weighted by molar-refractivity contribution is 6.16. The van der Waals surface area contributed by atoms with Crippen molar-refractivity contribution in [3.8, 4) is 0 Å². The van der Waals surface area contributed by atoms with Crippen LogP contribution in [-0.2, 0) is 24.0 Å². The number of ketones is 4. The Morgan fingerprint density at radius 1 is 1.03 bits per heavy atom. The van der Waals surface area contributed by atoms with Gasteiger partial charge >= 0.3 is 5.97 Å². The van der Waals surface area contributed by atoms with Gasteiger partial charge in [0.25, 0.3) is 0 Å². The van der Waals surface area contributed by atoms with Gasteiger partial charge in [-0.05, 0) is 55.4 Å². The van der Waals surface area contributed by atoms with Crippen LogP contribution in [0.3, 0.4) is 0 Å². The topological polar surface area (TPSA) is 126 Å². The minimum Gasteiger partial charge on any atom is -0.481 e. The molecular weight excluding hydrogens is 472 g/mol. The van der Waals surface area contributed by atoms with Gasteiger partial charge in [-0.3, -0.25) is 24.0 Å². The van der Waals surface area contributed by atoms with Crippen LogP contribution in [0.2, 0.25) is 0 Å². The van der Waals surface area contributed by atoms with Crippen molar-refractivity contribution >= 4 is 29.1 Å². The van der Waals surface area contributed by atoms with Crippen molar-refractivity contribution in [2.75, 3.05) is 0 Å². The van der Waals surface area contributed by atoms with Crippen molar-refractivity contribution in [3.63, 3.8) is 0 Å². The molecule has 0 radical (unpaired) electrons. The Morgan fingerprint density at radius 3 is 2.24 bits per heavy atom. The van der Waals surface area contributed by atoms with E-state index in [9.17, 15) is 29.1 Å². The van der Waals surface area contributed by atoms with Crippen LogP contribution in [-0.4, -0.2) is 45.4 Å². The van der Waals surface area contributed by atoms with Gasteiger partial charge < -0.3 is 10.2 Å². The molecule has 4 aliphatic rings. The van der Waals surface area contributed by atoms with Crippen LogP contribution in [0.5, 0.6) is 0 Å². The molecule has 0 heterocycles. The SMILES string of the molecule is CC(=CC(=O)CC(C)C(=O)O)[C@H]1CC(=O)[C@@]2(C)C3=C(C(=O)C[C@]12C)[C@@]1(C)CC[C@H](O)C(C)(C)[C@@H]1CC3=O. The summed E-state index contributed by atoms with van der Waals surface area (Å²) >= 11 is 0. The fourth-order valence-electron chi connectivity index (χ4n) is 8.42. The number of hydrogen-bond acceptors (Lipinski definition) is 6. The predicted molar refractivity (Wildman–Crippen MR) is 136 cm³/mol. The monoisotopic (exact) mass is 512 g/mol. The number of rotatable bonds is 5. The fraction of sp³-hybridized carbons (Fsp3) is 0.700. The molecule has 0 aromatic rings. The number of carbonyl (C=O) groups is 5. The molecule has 202 valence electrons. The van der Waals surface area contributed by atoms with Crippen LogP contribution >= 0.6 is 0 Å². The van der Waals surface area contributed by atoms with Gasteiger partial charge in [0.15, 0.2) is 17.3 Å². The largest absolute Gasteiger partial charge is 0.481 e. The third kappa shape index (κ3) is 3.67. The number of Topliss-reactive ketones (excluding diaryl/α,β-unsaturated/α-hetero) is 3. The van der Waals surface area contributed by atoms with Gasteiger partial charge in [0, 0.05) is 42.2 Å². The molecule has 7 atom stereocenters. The zero-order chi connectivity index (χ0) is 27.9. The minimum atomic E-state index is -1.15. The number of carboxylic acid groups (broad SMARTS) is 1. The first-order chi connectivity index (χ1) is 16.9. The number of hydrogen-bond donors (Lipinski definition) is 2. The zero-order valence-corrected chi connectivity index (χ0v) is 23.1. The lowest BCUT2D eigenvalue weighted by Gasteiger charge is -2.59. The van der Waals surface area contributed by atoms with E-state index in [2.05, 4.69) is 0 Å². The lowest BCUT2D eigenvalue weighted by Crippen LogP contribution is -2.59. The third-order valence-corrected chi connectivity index (χ3v) is 11.0. The van der Waals surface area contributed by atoms with Crippen molar-refractivity contribution in [1.82, 2.24) is 0 Å². The third-order valence-electron chi connectivity index (χ3n) is 11.0. The Hall–Kier alpha value is -2.41. The Kier molecular flexibility index (Phi) is 6.38. The average molecular weight is 513 g/mol. The molecule has 7 heteroatoms. The molecule has 2 saturated carbocycles. The van der Waals surface area contributed by atoms with Gasteiger partial charge in [0.2, 0.25) is 0 Å². The highest BCUT2D eigenvalue weighted by Gasteiger charge is 2.70. The maximum absolute atomic E-state index is 14.0. The molecule has 0 aliphatic heterocycles. The van der Waals surface area contributed by atoms with Gasteiger partial charge in [0.05, 0.1) is 17.4 Å². The van der Waals surface area contributed by atoms with E-state index in [1.165, 1.54) is 13.0 Å². The van der Waals surface area contributed by atoms with E-state index in [-0.39, 0.29) is 54.7 Å². The molecule has 0 bridgehead atoms. The lowest BCUT2D eigenvalue weighted by molar-refractivity contribution is -0.144. The van der Waals surface area contributed by atoms with Crippen molar-refractivity contribution in [2.24, 2.45) is 39.4 Å². The summed E-state index contributed by atoms with van der Waals surface area (Å²) in [5, 5.41) is 19.9. The normalized spacial score (nSPS) is 40.2. The Morgan fingerprint density at radius 2 is 1.65 bits per heavy atom. The molecule has 0 aromatic carbocycles. The molecule has 37 heavy (non-hydrogen) atoms. The number of carboxylic acids is 1. The Balaban J connectivity index is 1.81. The van der Waals surface area contributed by atoms with Crippen LogP contribution in [0.1, 0.15) is 87.0 Å². The summed E-state index contributed by atoms with van der Waals surface area (Å²) in [7, 11) is 0. The first-order valence-electron chi connectivity index (χ1n) is 13.4. The molecule has 7 nitrogen and oxygen atoms in total. The summed E-state index contributed by atoms with van der Waals surface area (Å²) in [5.41, 5.74) is -1.66. The van der Waals surface area contributed by atoms with Gasteiger partial charge in [-0.2, -0.15) is 0 Å². The molecule has 2 N–H and O–H groups in total. The molecule has 0 saturated heterocycles. The van der Waals surface area contributed by atoms with Gasteiger partial charge in [-0.1, -0.05) is 40.2 Å². The van der Waals surface area contributed by atoms with E-state index in [1.54, 1.807) is 6.92 Å². The second kappa shape index (κ2) is 8.55. The van der Waals surface area contributed by atoms with Crippen LogP contribution in [0.25, 0.3) is 0 Å². The van der Waals surface area contributed by atoms with E-state index in [4.69, 9.17) is 5.11 Å². The number of aliphatic hydroxyl groups is 1. The van der Waals surface area contributed by atoms with Gasteiger partial charge in [0.1, 0.15) is 5.78 Å². The Bertz CT molecular complexity index is 1170. The number of carbonyl (C=O) groups excluding carboxylic acids is 4. The summed E-state index contributed by atoms with van der Waals surface area (Å²) in [6, 6.07) is 0. The quantitative estimate of drug-likeness (QED) is 0.527. The number of aliphatic hydroxyl groups excluding tert-OH is 1. The summed E-state index contributed by atoms with van der Waals surface area (Å²) in [6.07, 6.45) is 2.24. The van der Waals surface area contributed by atoms with Crippen molar-refractivity contribution in [2.45, 2.75) is 93.1 Å². The summed E-state index contributed by atoms with van der Waals surface area (Å²) in [5.74, 6) is -3.18. The Labute approximate surface area is 218 Å². The first kappa shape index (κ1) is 27.6. The van der Waals surface area contributed by atoms with E-state index in [0.717, 1.165) is 0 Å². The molecule has 4 rings (SSSR count). The van der Waals surface area contributed by atoms with Gasteiger partial charge in [-0.15, -0.1) is 0 Å². The standard InChI is InChI=1S/C30H40O7/c1-15(10-17(31)11-16(2)26(36)37)18-12-23(35)30(7)25-19(32)13-21-27(3,4)22(34)8-9-28(21,5)24(25)20(33)14-29(18,30)6/h10,16,18,21-22,34H,8-9,11-14H2,1-7H3,(H,36,37)/t16?,18-,21+,22+,28+,29-,30+/m1/s1. The number of allylic oxidation sites excluding steroid dienone is 4. The number of fused-ring (bicyclic) bond motifs is 4. The van der Waals surface area contributed by atoms with E-state index in [1.807, 2.05) is 34.6 Å². The molecular formula is C30H40O7. The van der Waals surface area contributed by atoms with Crippen LogP contribution in [0.15, 0.2) is 22.8 Å². The molecule has 0 spiro atoms.